The van der Waals surface area contributed by atoms with Crippen LogP contribution in [0, 0.1) is 5.41 Å². The highest BCUT2D eigenvalue weighted by atomic mass is 16.5. The second-order valence-corrected chi connectivity index (χ2v) is 6.57. The second-order valence-electron chi connectivity index (χ2n) is 6.57. The minimum Gasteiger partial charge on any atom is -0.497 e. The number of carbonyl (C=O) groups excluding carboxylic acids is 1. The normalized spacial score (nSPS) is 13.0. The minimum absolute atomic E-state index is 0.0290. The molecule has 5 nitrogen and oxygen atoms in total. The van der Waals surface area contributed by atoms with E-state index in [1.54, 1.807) is 7.11 Å². The highest BCUT2D eigenvalue weighted by molar-refractivity contribution is 5.90. The Morgan fingerprint density at radius 2 is 1.91 bits per heavy atom. The van der Waals surface area contributed by atoms with Crippen LogP contribution in [0.5, 0.6) is 5.75 Å². The highest BCUT2D eigenvalue weighted by Crippen LogP contribution is 2.23. The van der Waals surface area contributed by atoms with Gasteiger partial charge in [-0.2, -0.15) is 0 Å². The average molecular weight is 308 g/mol. The fraction of sp³-hybridized carbons (Fsp3) is 0.588. The summed E-state index contributed by atoms with van der Waals surface area (Å²) in [4.78, 5) is 14.0. The molecular weight excluding hydrogens is 280 g/mol. The minimum atomic E-state index is -0.0392. The third-order valence-corrected chi connectivity index (χ3v) is 3.77. The number of aliphatic hydroxyl groups excluding tert-OH is 1. The van der Waals surface area contributed by atoms with Crippen LogP contribution in [0.15, 0.2) is 24.3 Å². The molecule has 5 heteroatoms. The topological polar surface area (TPSA) is 61.8 Å². The van der Waals surface area contributed by atoms with Gasteiger partial charge in [0.15, 0.2) is 0 Å². The second kappa shape index (κ2) is 8.15. The van der Waals surface area contributed by atoms with Gasteiger partial charge in [-0.05, 0) is 36.7 Å². The van der Waals surface area contributed by atoms with E-state index >= 15 is 0 Å². The van der Waals surface area contributed by atoms with Gasteiger partial charge in [-0.15, -0.1) is 0 Å². The molecule has 2 N–H and O–H groups in total. The summed E-state index contributed by atoms with van der Waals surface area (Å²) in [6.45, 7) is 6.94. The van der Waals surface area contributed by atoms with E-state index in [4.69, 9.17) is 4.74 Å². The number of amides is 1. The molecule has 1 rings (SSSR count). The maximum Gasteiger partial charge on any atom is 0.225 e. The van der Waals surface area contributed by atoms with Gasteiger partial charge in [-0.3, -0.25) is 4.79 Å². The lowest BCUT2D eigenvalue weighted by Crippen LogP contribution is -2.45. The molecule has 0 radical (unpaired) electrons. The van der Waals surface area contributed by atoms with Crippen LogP contribution in [-0.2, 0) is 4.79 Å². The van der Waals surface area contributed by atoms with Crippen molar-refractivity contribution < 1.29 is 14.6 Å². The summed E-state index contributed by atoms with van der Waals surface area (Å²) in [6.07, 6.45) is 0.384. The van der Waals surface area contributed by atoms with Crippen molar-refractivity contribution in [3.05, 3.63) is 24.3 Å². The van der Waals surface area contributed by atoms with Crippen LogP contribution in [-0.4, -0.2) is 49.3 Å². The van der Waals surface area contributed by atoms with Gasteiger partial charge in [0.1, 0.15) is 5.75 Å². The van der Waals surface area contributed by atoms with Crippen molar-refractivity contribution in [2.24, 2.45) is 5.41 Å². The maximum atomic E-state index is 12.0. The van der Waals surface area contributed by atoms with E-state index in [0.29, 0.717) is 13.0 Å². The number of hydrogen-bond acceptors (Lipinski definition) is 4. The molecule has 0 aromatic heterocycles. The predicted molar refractivity (Wildman–Crippen MR) is 89.2 cm³/mol. The van der Waals surface area contributed by atoms with E-state index < -0.39 is 0 Å². The Morgan fingerprint density at radius 3 is 2.36 bits per heavy atom. The number of rotatable bonds is 7. The Bertz CT molecular complexity index is 466. The molecule has 0 bridgehead atoms. The van der Waals surface area contributed by atoms with Crippen molar-refractivity contribution in [2.75, 3.05) is 32.6 Å². The van der Waals surface area contributed by atoms with Crippen LogP contribution in [0.2, 0.25) is 0 Å². The van der Waals surface area contributed by atoms with Crippen LogP contribution in [0.4, 0.5) is 5.69 Å². The third-order valence-electron chi connectivity index (χ3n) is 3.77. The number of aliphatic hydroxyl groups is 1. The zero-order valence-electron chi connectivity index (χ0n) is 14.2. The molecule has 0 aliphatic rings. The van der Waals surface area contributed by atoms with Crippen molar-refractivity contribution in [1.82, 2.24) is 4.90 Å². The van der Waals surface area contributed by atoms with Crippen LogP contribution in [0.25, 0.3) is 0 Å². The molecule has 0 saturated carbocycles. The van der Waals surface area contributed by atoms with E-state index in [1.807, 2.05) is 36.2 Å². The quantitative estimate of drug-likeness (QED) is 0.812. The van der Waals surface area contributed by atoms with Crippen molar-refractivity contribution in [1.29, 1.82) is 0 Å². The fourth-order valence-electron chi connectivity index (χ4n) is 2.41. The molecule has 1 atom stereocenters. The SMILES string of the molecule is COc1ccc(NC(=O)CCN(C)C(CO)C(C)(C)C)cc1. The summed E-state index contributed by atoms with van der Waals surface area (Å²) in [5.41, 5.74) is 0.721. The van der Waals surface area contributed by atoms with Gasteiger partial charge in [0, 0.05) is 24.7 Å². The molecule has 0 aliphatic carbocycles. The van der Waals surface area contributed by atoms with Gasteiger partial charge in [0.05, 0.1) is 13.7 Å². The molecule has 0 heterocycles. The number of likely N-dealkylation sites (N-methyl/N-ethyl adjacent to an activating group) is 1. The molecule has 1 aromatic carbocycles. The van der Waals surface area contributed by atoms with Gasteiger partial charge in [0.2, 0.25) is 5.91 Å². The van der Waals surface area contributed by atoms with Crippen molar-refractivity contribution in [2.45, 2.75) is 33.2 Å². The first-order valence-corrected chi connectivity index (χ1v) is 7.53. The largest absolute Gasteiger partial charge is 0.497 e. The molecule has 1 aromatic rings. The number of hydrogen-bond donors (Lipinski definition) is 2. The Kier molecular flexibility index (Phi) is 6.84. The van der Waals surface area contributed by atoms with Gasteiger partial charge in [-0.25, -0.2) is 0 Å². The molecule has 0 fully saturated rings. The number of anilines is 1. The summed E-state index contributed by atoms with van der Waals surface area (Å²) < 4.78 is 5.08. The number of methoxy groups -OCH3 is 1. The number of nitrogens with zero attached hydrogens (tertiary/aromatic N) is 1. The number of nitrogens with one attached hydrogen (secondary N) is 1. The summed E-state index contributed by atoms with van der Waals surface area (Å²) in [6, 6.07) is 7.27. The Hall–Kier alpha value is -1.59. The summed E-state index contributed by atoms with van der Waals surface area (Å²) in [5.74, 6) is 0.719. The van der Waals surface area contributed by atoms with Gasteiger partial charge in [0.25, 0.3) is 0 Å². The molecule has 0 spiro atoms. The summed E-state index contributed by atoms with van der Waals surface area (Å²) >= 11 is 0. The van der Waals surface area contributed by atoms with Crippen molar-refractivity contribution >= 4 is 11.6 Å². The van der Waals surface area contributed by atoms with Gasteiger partial charge in [-0.1, -0.05) is 20.8 Å². The van der Waals surface area contributed by atoms with Crippen LogP contribution < -0.4 is 10.1 Å². The number of ether oxygens (including phenoxy) is 1. The summed E-state index contributed by atoms with van der Waals surface area (Å²) in [5, 5.41) is 12.4. The molecule has 0 aliphatic heterocycles. The smallest absolute Gasteiger partial charge is 0.225 e. The van der Waals surface area contributed by atoms with Gasteiger partial charge >= 0.3 is 0 Å². The van der Waals surface area contributed by atoms with E-state index in [2.05, 4.69) is 26.1 Å². The van der Waals surface area contributed by atoms with E-state index in [1.165, 1.54) is 0 Å². The van der Waals surface area contributed by atoms with Gasteiger partial charge < -0.3 is 20.1 Å². The first kappa shape index (κ1) is 18.5. The Morgan fingerprint density at radius 1 is 1.32 bits per heavy atom. The summed E-state index contributed by atoms with van der Waals surface area (Å²) in [7, 11) is 3.54. The zero-order chi connectivity index (χ0) is 16.8. The molecule has 1 amide bonds. The number of benzene rings is 1. The lowest BCUT2D eigenvalue weighted by atomic mass is 9.86. The molecule has 22 heavy (non-hydrogen) atoms. The van der Waals surface area contributed by atoms with Crippen molar-refractivity contribution in [3.63, 3.8) is 0 Å². The highest BCUT2D eigenvalue weighted by Gasteiger charge is 2.27. The first-order chi connectivity index (χ1) is 10.3. The van der Waals surface area contributed by atoms with E-state index in [9.17, 15) is 9.90 Å². The van der Waals surface area contributed by atoms with Crippen LogP contribution >= 0.6 is 0 Å². The fourth-order valence-corrected chi connectivity index (χ4v) is 2.41. The monoisotopic (exact) mass is 308 g/mol. The lowest BCUT2D eigenvalue weighted by Gasteiger charge is -2.36. The van der Waals surface area contributed by atoms with E-state index in [-0.39, 0.29) is 24.0 Å². The average Bonchev–Trinajstić information content (AvgIpc) is 2.45. The third kappa shape index (κ3) is 5.66. The van der Waals surface area contributed by atoms with Crippen LogP contribution in [0.1, 0.15) is 27.2 Å². The predicted octanol–water partition coefficient (Wildman–Crippen LogP) is 2.36. The standard InChI is InChI=1S/C17H28N2O3/c1-17(2,3)15(12-20)19(4)11-10-16(21)18-13-6-8-14(22-5)9-7-13/h6-9,15,20H,10-12H2,1-5H3,(H,18,21). The lowest BCUT2D eigenvalue weighted by molar-refractivity contribution is -0.116. The first-order valence-electron chi connectivity index (χ1n) is 7.53. The van der Waals surface area contributed by atoms with Crippen LogP contribution in [0.3, 0.4) is 0 Å². The van der Waals surface area contributed by atoms with Crippen molar-refractivity contribution in [3.8, 4) is 5.75 Å². The Balaban J connectivity index is 2.48. The molecule has 0 saturated heterocycles. The molecule has 1 unspecified atom stereocenters. The van der Waals surface area contributed by atoms with E-state index in [0.717, 1.165) is 11.4 Å². The Labute approximate surface area is 133 Å². The molecular formula is C17H28N2O3. The molecule has 124 valence electrons. The maximum absolute atomic E-state index is 12.0. The zero-order valence-corrected chi connectivity index (χ0v) is 14.2. The number of carbonyl (C=O) groups is 1.